The van der Waals surface area contributed by atoms with Gasteiger partial charge in [0.15, 0.2) is 5.67 Å². The Morgan fingerprint density at radius 2 is 1.93 bits per heavy atom. The first-order valence-corrected chi connectivity index (χ1v) is 10.4. The highest BCUT2D eigenvalue weighted by Crippen LogP contribution is 2.29. The predicted octanol–water partition coefficient (Wildman–Crippen LogP) is 4.03. The van der Waals surface area contributed by atoms with E-state index in [9.17, 15) is 4.79 Å². The highest BCUT2D eigenvalue weighted by atomic mass is 19.1. The average molecular weight is 410 g/mol. The molecule has 1 aromatic carbocycles. The standard InChI is InChI=1S/C23H28FN5O/c1-16(2)14-29-8-6-23(24,7-9-29)22(30)27-21-11-19-10-17(4-5-18(19)12-25-21)20-13-26-28(3)15-20/h4-5,10-13,15-16H,6-9,14H2,1-3H3,(H,25,27,30). The highest BCUT2D eigenvalue weighted by molar-refractivity contribution is 5.98. The minimum absolute atomic E-state index is 0.213. The molecule has 1 amide bonds. The molecule has 1 fully saturated rings. The van der Waals surface area contributed by atoms with Crippen molar-refractivity contribution in [3.05, 3.63) is 42.9 Å². The van der Waals surface area contributed by atoms with Crippen molar-refractivity contribution in [3.8, 4) is 11.1 Å². The normalized spacial score (nSPS) is 16.8. The number of likely N-dealkylation sites (tertiary alicyclic amines) is 1. The topological polar surface area (TPSA) is 63.1 Å². The number of pyridine rings is 1. The molecular formula is C23H28FN5O. The van der Waals surface area contributed by atoms with Crippen molar-refractivity contribution in [2.24, 2.45) is 13.0 Å². The van der Waals surface area contributed by atoms with Gasteiger partial charge in [0.25, 0.3) is 5.91 Å². The number of alkyl halides is 1. The van der Waals surface area contributed by atoms with E-state index < -0.39 is 11.6 Å². The maximum Gasteiger partial charge on any atom is 0.263 e. The number of anilines is 1. The number of amides is 1. The lowest BCUT2D eigenvalue weighted by atomic mass is 9.92. The fourth-order valence-electron chi connectivity index (χ4n) is 4.02. The van der Waals surface area contributed by atoms with Crippen LogP contribution in [0.5, 0.6) is 0 Å². The molecule has 1 saturated heterocycles. The second-order valence-electron chi connectivity index (χ2n) is 8.65. The number of piperidine rings is 1. The van der Waals surface area contributed by atoms with Gasteiger partial charge >= 0.3 is 0 Å². The summed E-state index contributed by atoms with van der Waals surface area (Å²) in [5.41, 5.74) is 0.193. The van der Waals surface area contributed by atoms with Gasteiger partial charge in [-0.05, 0) is 29.0 Å². The van der Waals surface area contributed by atoms with E-state index in [1.54, 1.807) is 16.9 Å². The number of hydrogen-bond donors (Lipinski definition) is 1. The van der Waals surface area contributed by atoms with Gasteiger partial charge in [-0.3, -0.25) is 9.48 Å². The van der Waals surface area contributed by atoms with Crippen molar-refractivity contribution < 1.29 is 9.18 Å². The maximum absolute atomic E-state index is 15.3. The molecule has 6 nitrogen and oxygen atoms in total. The minimum atomic E-state index is -1.85. The number of rotatable bonds is 5. The van der Waals surface area contributed by atoms with Gasteiger partial charge in [-0.2, -0.15) is 5.10 Å². The second-order valence-corrected chi connectivity index (χ2v) is 8.65. The quantitative estimate of drug-likeness (QED) is 0.691. The van der Waals surface area contributed by atoms with Gasteiger partial charge in [0, 0.05) is 62.9 Å². The third kappa shape index (κ3) is 4.36. The Morgan fingerprint density at radius 3 is 2.60 bits per heavy atom. The molecule has 1 aliphatic heterocycles. The van der Waals surface area contributed by atoms with Gasteiger partial charge in [-0.1, -0.05) is 26.0 Å². The number of aryl methyl sites for hydroxylation is 1. The molecule has 0 bridgehead atoms. The Labute approximate surface area is 176 Å². The second kappa shape index (κ2) is 8.14. The molecule has 4 rings (SSSR count). The lowest BCUT2D eigenvalue weighted by molar-refractivity contribution is -0.130. The summed E-state index contributed by atoms with van der Waals surface area (Å²) in [6.45, 7) is 6.43. The lowest BCUT2D eigenvalue weighted by Gasteiger charge is -2.36. The molecule has 1 N–H and O–H groups in total. The van der Waals surface area contributed by atoms with Crippen LogP contribution in [0.3, 0.4) is 0 Å². The van der Waals surface area contributed by atoms with E-state index in [0.717, 1.165) is 28.4 Å². The molecule has 0 aliphatic carbocycles. The van der Waals surface area contributed by atoms with E-state index in [2.05, 4.69) is 34.1 Å². The fourth-order valence-corrected chi connectivity index (χ4v) is 4.02. The van der Waals surface area contributed by atoms with Gasteiger partial charge < -0.3 is 10.2 Å². The highest BCUT2D eigenvalue weighted by Gasteiger charge is 2.41. The summed E-state index contributed by atoms with van der Waals surface area (Å²) in [7, 11) is 1.88. The number of benzene rings is 1. The molecule has 0 radical (unpaired) electrons. The van der Waals surface area contributed by atoms with Crippen molar-refractivity contribution in [2.45, 2.75) is 32.4 Å². The van der Waals surface area contributed by atoms with Gasteiger partial charge in [0.2, 0.25) is 0 Å². The van der Waals surface area contributed by atoms with Crippen LogP contribution in [0, 0.1) is 5.92 Å². The summed E-state index contributed by atoms with van der Waals surface area (Å²) >= 11 is 0. The largest absolute Gasteiger partial charge is 0.308 e. The van der Waals surface area contributed by atoms with Gasteiger partial charge in [0.1, 0.15) is 5.82 Å². The Morgan fingerprint density at radius 1 is 1.17 bits per heavy atom. The first kappa shape index (κ1) is 20.5. The maximum atomic E-state index is 15.3. The SMILES string of the molecule is CC(C)CN1CCC(F)(C(=O)Nc2cc3cc(-c4cnn(C)c4)ccc3cn2)CC1. The third-order valence-corrected chi connectivity index (χ3v) is 5.68. The first-order chi connectivity index (χ1) is 14.3. The monoisotopic (exact) mass is 409 g/mol. The molecule has 0 spiro atoms. The molecule has 3 aromatic rings. The molecule has 0 atom stereocenters. The smallest absolute Gasteiger partial charge is 0.263 e. The molecule has 30 heavy (non-hydrogen) atoms. The summed E-state index contributed by atoms with van der Waals surface area (Å²) in [6, 6.07) is 7.82. The lowest BCUT2D eigenvalue weighted by Crippen LogP contribution is -2.49. The minimum Gasteiger partial charge on any atom is -0.308 e. The van der Waals surface area contributed by atoms with Gasteiger partial charge in [-0.25, -0.2) is 9.37 Å². The van der Waals surface area contributed by atoms with Gasteiger partial charge in [-0.15, -0.1) is 0 Å². The number of aromatic nitrogens is 3. The van der Waals surface area contributed by atoms with Crippen molar-refractivity contribution >= 4 is 22.5 Å². The molecule has 0 saturated carbocycles. The summed E-state index contributed by atoms with van der Waals surface area (Å²) in [5, 5.41) is 8.80. The molecule has 1 aliphatic rings. The Balaban J connectivity index is 1.48. The van der Waals surface area contributed by atoms with E-state index >= 15 is 4.39 Å². The fraction of sp³-hybridized carbons (Fsp3) is 0.435. The number of carbonyl (C=O) groups excluding carboxylic acids is 1. The molecule has 3 heterocycles. The van der Waals surface area contributed by atoms with E-state index in [-0.39, 0.29) is 12.8 Å². The number of nitrogens with zero attached hydrogens (tertiary/aromatic N) is 4. The zero-order valence-electron chi connectivity index (χ0n) is 17.7. The molecule has 158 valence electrons. The van der Waals surface area contributed by atoms with E-state index in [1.165, 1.54) is 0 Å². The van der Waals surface area contributed by atoms with Crippen molar-refractivity contribution in [1.29, 1.82) is 0 Å². The summed E-state index contributed by atoms with van der Waals surface area (Å²) in [6.07, 6.45) is 5.88. The van der Waals surface area contributed by atoms with Crippen molar-refractivity contribution in [1.82, 2.24) is 19.7 Å². The molecule has 7 heteroatoms. The van der Waals surface area contributed by atoms with E-state index in [1.807, 2.05) is 37.6 Å². The number of hydrogen-bond acceptors (Lipinski definition) is 4. The Kier molecular flexibility index (Phi) is 5.56. The van der Waals surface area contributed by atoms with E-state index in [4.69, 9.17) is 0 Å². The van der Waals surface area contributed by atoms with E-state index in [0.29, 0.717) is 24.8 Å². The Hall–Kier alpha value is -2.80. The third-order valence-electron chi connectivity index (χ3n) is 5.68. The van der Waals surface area contributed by atoms with Crippen LogP contribution in [0.1, 0.15) is 26.7 Å². The summed E-state index contributed by atoms with van der Waals surface area (Å²) in [4.78, 5) is 19.2. The number of fused-ring (bicyclic) bond motifs is 1. The Bertz CT molecular complexity index is 1050. The molecule has 0 unspecified atom stereocenters. The van der Waals surface area contributed by atoms with Crippen molar-refractivity contribution in [2.75, 3.05) is 25.0 Å². The van der Waals surface area contributed by atoms with Crippen LogP contribution in [-0.2, 0) is 11.8 Å². The van der Waals surface area contributed by atoms with Crippen LogP contribution in [0.4, 0.5) is 10.2 Å². The summed E-state index contributed by atoms with van der Waals surface area (Å²) in [5.74, 6) is 0.309. The predicted molar refractivity (Wildman–Crippen MR) is 117 cm³/mol. The first-order valence-electron chi connectivity index (χ1n) is 10.4. The molecule has 2 aromatic heterocycles. The van der Waals surface area contributed by atoms with Crippen LogP contribution in [-0.4, -0.2) is 50.9 Å². The van der Waals surface area contributed by atoms with Gasteiger partial charge in [0.05, 0.1) is 6.20 Å². The van der Waals surface area contributed by atoms with Crippen LogP contribution in [0.25, 0.3) is 21.9 Å². The molecular weight excluding hydrogens is 381 g/mol. The van der Waals surface area contributed by atoms with Crippen LogP contribution in [0.2, 0.25) is 0 Å². The number of carbonyl (C=O) groups is 1. The number of halogens is 1. The zero-order valence-corrected chi connectivity index (χ0v) is 17.7. The number of nitrogens with one attached hydrogen (secondary N) is 1. The van der Waals surface area contributed by atoms with Crippen LogP contribution < -0.4 is 5.32 Å². The zero-order chi connectivity index (χ0) is 21.3. The average Bonchev–Trinajstić information content (AvgIpc) is 3.15. The van der Waals surface area contributed by atoms with Crippen LogP contribution >= 0.6 is 0 Å². The summed E-state index contributed by atoms with van der Waals surface area (Å²) < 4.78 is 17.0. The van der Waals surface area contributed by atoms with Crippen LogP contribution in [0.15, 0.2) is 42.9 Å². The van der Waals surface area contributed by atoms with Crippen molar-refractivity contribution in [3.63, 3.8) is 0 Å².